The van der Waals surface area contributed by atoms with E-state index in [0.29, 0.717) is 24.2 Å². The molecule has 1 aliphatic rings. The number of hydrogen-bond donors (Lipinski definition) is 2. The molecule has 0 spiro atoms. The fourth-order valence-corrected chi connectivity index (χ4v) is 4.42. The number of para-hydroxylation sites is 1. The predicted octanol–water partition coefficient (Wildman–Crippen LogP) is 3.27. The third kappa shape index (κ3) is 4.61. The number of amides is 3. The largest absolute Gasteiger partial charge is 0.326 e. The summed E-state index contributed by atoms with van der Waals surface area (Å²) >= 11 is 0. The lowest BCUT2D eigenvalue weighted by Crippen LogP contribution is -2.55. The third-order valence-corrected chi connectivity index (χ3v) is 6.28. The summed E-state index contributed by atoms with van der Waals surface area (Å²) in [4.78, 5) is 40.1. The van der Waals surface area contributed by atoms with E-state index in [4.69, 9.17) is 0 Å². The Morgan fingerprint density at radius 3 is 2.17 bits per heavy atom. The average molecular weight is 480 g/mol. The van der Waals surface area contributed by atoms with E-state index in [1.807, 2.05) is 84.9 Å². The van der Waals surface area contributed by atoms with Crippen LogP contribution in [0.4, 0.5) is 0 Å². The number of carbonyl (C=O) groups excluding carboxylic acids is 3. The van der Waals surface area contributed by atoms with Crippen LogP contribution < -0.4 is 10.9 Å². The number of hydrogen-bond acceptors (Lipinski definition) is 4. The smallest absolute Gasteiger partial charge is 0.273 e. The maximum atomic E-state index is 13.2. The zero-order chi connectivity index (χ0) is 25.1. The van der Waals surface area contributed by atoms with Crippen molar-refractivity contribution in [1.29, 1.82) is 0 Å². The van der Waals surface area contributed by atoms with Gasteiger partial charge in [0.2, 0.25) is 5.91 Å². The van der Waals surface area contributed by atoms with Crippen molar-refractivity contribution < 1.29 is 14.4 Å². The molecule has 3 aromatic carbocycles. The van der Waals surface area contributed by atoms with Gasteiger partial charge in [0.05, 0.1) is 11.3 Å². The maximum Gasteiger partial charge on any atom is 0.273 e. The summed E-state index contributed by atoms with van der Waals surface area (Å²) in [6, 6.07) is 25.9. The molecule has 4 aromatic rings. The number of nitrogens with one attached hydrogen (secondary N) is 2. The van der Waals surface area contributed by atoms with Gasteiger partial charge in [0, 0.05) is 31.6 Å². The maximum absolute atomic E-state index is 13.2. The Balaban J connectivity index is 1.37. The van der Waals surface area contributed by atoms with Crippen LogP contribution in [0.2, 0.25) is 0 Å². The molecule has 1 atom stereocenters. The van der Waals surface area contributed by atoms with Crippen molar-refractivity contribution in [3.8, 4) is 16.9 Å². The van der Waals surface area contributed by atoms with Crippen molar-refractivity contribution in [3.05, 3.63) is 108 Å². The first-order valence-corrected chi connectivity index (χ1v) is 11.7. The van der Waals surface area contributed by atoms with E-state index in [-0.39, 0.29) is 5.91 Å². The van der Waals surface area contributed by atoms with Crippen molar-refractivity contribution >= 4 is 17.7 Å². The van der Waals surface area contributed by atoms with E-state index < -0.39 is 17.9 Å². The van der Waals surface area contributed by atoms with Gasteiger partial charge in [-0.15, -0.1) is 0 Å². The predicted molar refractivity (Wildman–Crippen MR) is 135 cm³/mol. The van der Waals surface area contributed by atoms with Crippen LogP contribution in [0.5, 0.6) is 0 Å². The molecule has 36 heavy (non-hydrogen) atoms. The van der Waals surface area contributed by atoms with Crippen LogP contribution in [-0.2, 0) is 22.6 Å². The fourth-order valence-electron chi connectivity index (χ4n) is 4.42. The third-order valence-electron chi connectivity index (χ3n) is 6.28. The molecular formula is C28H25N5O3. The highest BCUT2D eigenvalue weighted by Crippen LogP contribution is 2.25. The molecule has 8 heteroatoms. The lowest BCUT2D eigenvalue weighted by atomic mass is 9.93. The first kappa shape index (κ1) is 23.0. The lowest BCUT2D eigenvalue weighted by molar-refractivity contribution is -0.140. The molecule has 3 amide bonds. The highest BCUT2D eigenvalue weighted by atomic mass is 16.2. The minimum absolute atomic E-state index is 0.202. The van der Waals surface area contributed by atoms with Crippen LogP contribution in [0.3, 0.4) is 0 Å². The Kier molecular flexibility index (Phi) is 6.32. The first-order valence-electron chi connectivity index (χ1n) is 11.7. The molecule has 0 aliphatic carbocycles. The Morgan fingerprint density at radius 1 is 0.833 bits per heavy atom. The zero-order valence-electron chi connectivity index (χ0n) is 19.7. The van der Waals surface area contributed by atoms with Crippen molar-refractivity contribution in [2.75, 3.05) is 0 Å². The topological polar surface area (TPSA) is 96.3 Å². The lowest BCUT2D eigenvalue weighted by Gasteiger charge is -2.35. The molecule has 180 valence electrons. The Labute approximate surface area is 208 Å². The van der Waals surface area contributed by atoms with Gasteiger partial charge >= 0.3 is 0 Å². The van der Waals surface area contributed by atoms with Crippen LogP contribution in [0, 0.1) is 0 Å². The number of fused-ring (bicyclic) bond motifs is 1. The van der Waals surface area contributed by atoms with Gasteiger partial charge in [-0.1, -0.05) is 72.8 Å². The van der Waals surface area contributed by atoms with E-state index in [0.717, 1.165) is 22.4 Å². The summed E-state index contributed by atoms with van der Waals surface area (Å²) in [7, 11) is 0. The van der Waals surface area contributed by atoms with Crippen molar-refractivity contribution in [1.82, 2.24) is 25.5 Å². The highest BCUT2D eigenvalue weighted by Gasteiger charge is 2.33. The number of carbonyl (C=O) groups is 3. The standard InChI is InChI=1S/C28H25N5O3/c1-19(34)32-17-22-13-9-8-12-21(22)16-25(32)28(36)30-29-27(35)24-18-33(23-14-6-3-7-15-23)31-26(24)20-10-4-2-5-11-20/h2-15,18,25H,16-17H2,1H3,(H,29,35)(H,30,36). The summed E-state index contributed by atoms with van der Waals surface area (Å²) in [5, 5.41) is 4.64. The van der Waals surface area contributed by atoms with E-state index in [2.05, 4.69) is 16.0 Å². The van der Waals surface area contributed by atoms with Gasteiger partial charge in [-0.3, -0.25) is 25.2 Å². The highest BCUT2D eigenvalue weighted by molar-refractivity contribution is 6.01. The average Bonchev–Trinajstić information content (AvgIpc) is 3.37. The minimum atomic E-state index is -0.724. The number of nitrogens with zero attached hydrogens (tertiary/aromatic N) is 3. The molecular weight excluding hydrogens is 454 g/mol. The number of benzene rings is 3. The van der Waals surface area contributed by atoms with Gasteiger partial charge in [-0.25, -0.2) is 4.68 Å². The quantitative estimate of drug-likeness (QED) is 0.439. The summed E-state index contributed by atoms with van der Waals surface area (Å²) in [6.07, 6.45) is 2.01. The monoisotopic (exact) mass is 479 g/mol. The van der Waals surface area contributed by atoms with Crippen LogP contribution in [0.15, 0.2) is 91.1 Å². The van der Waals surface area contributed by atoms with Crippen LogP contribution in [0.1, 0.15) is 28.4 Å². The van der Waals surface area contributed by atoms with Gasteiger partial charge in [0.1, 0.15) is 11.7 Å². The second-order valence-electron chi connectivity index (χ2n) is 8.62. The summed E-state index contributed by atoms with van der Waals surface area (Å²) in [6.45, 7) is 1.79. The summed E-state index contributed by atoms with van der Waals surface area (Å²) < 4.78 is 1.63. The van der Waals surface area contributed by atoms with Crippen molar-refractivity contribution in [2.45, 2.75) is 25.9 Å². The van der Waals surface area contributed by atoms with Gasteiger partial charge in [0.15, 0.2) is 0 Å². The van der Waals surface area contributed by atoms with E-state index in [9.17, 15) is 14.4 Å². The zero-order valence-corrected chi connectivity index (χ0v) is 19.7. The Hall–Kier alpha value is -4.72. The normalized spacial score (nSPS) is 14.6. The summed E-state index contributed by atoms with van der Waals surface area (Å²) in [5.74, 6) is -1.16. The molecule has 8 nitrogen and oxygen atoms in total. The van der Waals surface area contributed by atoms with E-state index in [1.165, 1.54) is 11.8 Å². The van der Waals surface area contributed by atoms with E-state index >= 15 is 0 Å². The molecule has 0 saturated carbocycles. The van der Waals surface area contributed by atoms with Crippen LogP contribution in [0.25, 0.3) is 16.9 Å². The molecule has 5 rings (SSSR count). The van der Waals surface area contributed by atoms with Crippen LogP contribution >= 0.6 is 0 Å². The Morgan fingerprint density at radius 2 is 1.47 bits per heavy atom. The van der Waals surface area contributed by atoms with Gasteiger partial charge < -0.3 is 4.90 Å². The van der Waals surface area contributed by atoms with Crippen molar-refractivity contribution in [2.24, 2.45) is 0 Å². The van der Waals surface area contributed by atoms with Gasteiger partial charge in [-0.05, 0) is 23.3 Å². The number of hydrazine groups is 1. The van der Waals surface area contributed by atoms with Crippen molar-refractivity contribution in [3.63, 3.8) is 0 Å². The van der Waals surface area contributed by atoms with E-state index in [1.54, 1.807) is 10.9 Å². The number of aromatic nitrogens is 2. The molecule has 2 heterocycles. The minimum Gasteiger partial charge on any atom is -0.326 e. The molecule has 0 saturated heterocycles. The Bertz CT molecular complexity index is 1420. The molecule has 2 N–H and O–H groups in total. The number of rotatable bonds is 4. The molecule has 0 radical (unpaired) electrons. The molecule has 1 aromatic heterocycles. The molecule has 1 aliphatic heterocycles. The van der Waals surface area contributed by atoms with Gasteiger partial charge in [-0.2, -0.15) is 5.10 Å². The molecule has 0 fully saturated rings. The second kappa shape index (κ2) is 9.87. The first-order chi connectivity index (χ1) is 17.5. The van der Waals surface area contributed by atoms with Gasteiger partial charge in [0.25, 0.3) is 11.8 Å². The molecule has 0 bridgehead atoms. The summed E-state index contributed by atoms with van der Waals surface area (Å²) in [5.41, 5.74) is 9.45. The molecule has 1 unspecified atom stereocenters. The second-order valence-corrected chi connectivity index (χ2v) is 8.62. The van der Waals surface area contributed by atoms with Crippen LogP contribution in [-0.4, -0.2) is 38.4 Å². The fraction of sp³-hybridized carbons (Fsp3) is 0.143. The SMILES string of the molecule is CC(=O)N1Cc2ccccc2CC1C(=O)NNC(=O)c1cn(-c2ccccc2)nc1-c1ccccc1.